The number of para-hydroxylation sites is 2. The Hall–Kier alpha value is -7.42. The van der Waals surface area contributed by atoms with Crippen molar-refractivity contribution in [2.45, 2.75) is 0 Å². The molecule has 9 aromatic carbocycles. The largest absolute Gasteiger partial charge is 0.309 e. The minimum absolute atomic E-state index is 0.0835. The summed E-state index contributed by atoms with van der Waals surface area (Å²) in [5, 5.41) is 2.24. The molecule has 0 aliphatic carbocycles. The standard InChI is InChI=1S/C54H36N2/c1-4-16-37(17-5-1)40-22-14-23-43(34-40)55-50-28-13-11-25-46(50)47-35-41(30-32-51(47)55)42-31-33-52-48(36-42)54-45(39-20-8-3-9-21-39)26-15-29-53(54)56(52)49-27-12-10-24-44(49)38-18-6-2-7-19-38/h1-36H/i11D,13D,25D,28D,30D,32D,35D. The Labute approximate surface area is 335 Å². The summed E-state index contributed by atoms with van der Waals surface area (Å²) in [6.07, 6.45) is 0. The fourth-order valence-electron chi connectivity index (χ4n) is 8.25. The number of fused-ring (bicyclic) bond motifs is 6. The predicted octanol–water partition coefficient (Wildman–Crippen LogP) is 14.5. The van der Waals surface area contributed by atoms with Crippen molar-refractivity contribution in [1.29, 1.82) is 0 Å². The van der Waals surface area contributed by atoms with Crippen LogP contribution in [0.1, 0.15) is 9.60 Å². The van der Waals surface area contributed by atoms with Crippen LogP contribution in [0.3, 0.4) is 0 Å². The summed E-state index contributed by atoms with van der Waals surface area (Å²) in [7, 11) is 0. The van der Waals surface area contributed by atoms with Gasteiger partial charge in [0, 0.05) is 32.8 Å². The van der Waals surface area contributed by atoms with E-state index in [4.69, 9.17) is 2.74 Å². The molecule has 0 saturated carbocycles. The Morgan fingerprint density at radius 2 is 0.964 bits per heavy atom. The molecule has 0 radical (unpaired) electrons. The molecular weight excluding hydrogens is 677 g/mol. The third-order valence-corrected chi connectivity index (χ3v) is 10.8. The van der Waals surface area contributed by atoms with Crippen LogP contribution in [0, 0.1) is 0 Å². The van der Waals surface area contributed by atoms with Crippen LogP contribution in [-0.2, 0) is 0 Å². The second-order valence-electron chi connectivity index (χ2n) is 14.0. The van der Waals surface area contributed by atoms with Crippen molar-refractivity contribution in [3.63, 3.8) is 0 Å². The first-order valence-electron chi connectivity index (χ1n) is 22.2. The molecule has 0 aliphatic heterocycles. The van der Waals surface area contributed by atoms with Gasteiger partial charge in [0.1, 0.15) is 0 Å². The summed E-state index contributed by atoms with van der Waals surface area (Å²) >= 11 is 0. The third kappa shape index (κ3) is 5.19. The fourth-order valence-corrected chi connectivity index (χ4v) is 8.25. The lowest BCUT2D eigenvalue weighted by Crippen LogP contribution is -1.97. The van der Waals surface area contributed by atoms with Crippen LogP contribution < -0.4 is 0 Å². The number of benzene rings is 9. The molecule has 11 aromatic rings. The van der Waals surface area contributed by atoms with Gasteiger partial charge in [-0.05, 0) is 93.5 Å². The van der Waals surface area contributed by atoms with Crippen LogP contribution in [0.4, 0.5) is 0 Å². The summed E-state index contributed by atoms with van der Waals surface area (Å²) in [5.74, 6) is 0. The molecule has 262 valence electrons. The topological polar surface area (TPSA) is 9.86 Å². The average Bonchev–Trinajstić information content (AvgIpc) is 3.87. The SMILES string of the molecule is [2H]c1c([2H])c([2H])c2c(c1[2H])c1c([2H])c(-c3ccc4c(c3)c3c(-c5ccccc5)cccc3n4-c3ccccc3-c3ccccc3)c([2H])c([2H])c1n2-c1cccc(-c2ccccc2)c1. The van der Waals surface area contributed by atoms with Crippen LogP contribution in [0.15, 0.2) is 218 Å². The van der Waals surface area contributed by atoms with Gasteiger partial charge in [0.15, 0.2) is 0 Å². The Kier molecular flexibility index (Phi) is 6.01. The van der Waals surface area contributed by atoms with Gasteiger partial charge in [-0.3, -0.25) is 0 Å². The average molecular weight is 720 g/mol. The molecule has 0 unspecified atom stereocenters. The zero-order valence-electron chi connectivity index (χ0n) is 37.1. The van der Waals surface area contributed by atoms with Crippen LogP contribution in [0.25, 0.3) is 99.5 Å². The molecule has 11 rings (SSSR count). The van der Waals surface area contributed by atoms with Crippen LogP contribution in [-0.4, -0.2) is 9.13 Å². The highest BCUT2D eigenvalue weighted by Crippen LogP contribution is 2.43. The highest BCUT2D eigenvalue weighted by Gasteiger charge is 2.20. The molecule has 0 N–H and O–H groups in total. The van der Waals surface area contributed by atoms with E-state index in [2.05, 4.69) is 59.2 Å². The summed E-state index contributed by atoms with van der Waals surface area (Å²) in [6.45, 7) is 0. The maximum Gasteiger partial charge on any atom is 0.0645 e. The lowest BCUT2D eigenvalue weighted by Gasteiger charge is -2.14. The molecule has 2 heteroatoms. The van der Waals surface area contributed by atoms with Gasteiger partial charge < -0.3 is 9.13 Å². The molecule has 2 heterocycles. The Bertz CT molecular complexity index is 3630. The normalized spacial score (nSPS) is 13.3. The first kappa shape index (κ1) is 25.6. The van der Waals surface area contributed by atoms with Gasteiger partial charge in [0.05, 0.1) is 37.3 Å². The molecule has 0 bridgehead atoms. The quantitative estimate of drug-likeness (QED) is 0.162. The van der Waals surface area contributed by atoms with E-state index in [0.29, 0.717) is 11.3 Å². The molecule has 2 aromatic heterocycles. The summed E-state index contributed by atoms with van der Waals surface area (Å²) < 4.78 is 69.2. The van der Waals surface area contributed by atoms with Gasteiger partial charge in [-0.25, -0.2) is 0 Å². The summed E-state index contributed by atoms with van der Waals surface area (Å²) in [6, 6.07) is 56.7. The number of aromatic nitrogens is 2. The zero-order chi connectivity index (χ0) is 43.1. The second-order valence-corrected chi connectivity index (χ2v) is 14.0. The van der Waals surface area contributed by atoms with E-state index in [9.17, 15) is 6.85 Å². The smallest absolute Gasteiger partial charge is 0.0645 e. The lowest BCUT2D eigenvalue weighted by molar-refractivity contribution is 1.18. The predicted molar refractivity (Wildman–Crippen MR) is 237 cm³/mol. The van der Waals surface area contributed by atoms with Gasteiger partial charge in [-0.1, -0.05) is 164 Å². The molecule has 0 saturated heterocycles. The van der Waals surface area contributed by atoms with Crippen molar-refractivity contribution in [2.24, 2.45) is 0 Å². The van der Waals surface area contributed by atoms with E-state index in [0.717, 1.165) is 60.9 Å². The minimum Gasteiger partial charge on any atom is -0.309 e. The number of hydrogen-bond donors (Lipinski definition) is 0. The first-order valence-corrected chi connectivity index (χ1v) is 18.7. The Morgan fingerprint density at radius 3 is 1.77 bits per heavy atom. The highest BCUT2D eigenvalue weighted by atomic mass is 15.0. The zero-order valence-corrected chi connectivity index (χ0v) is 30.1. The number of nitrogens with zero attached hydrogens (tertiary/aromatic N) is 2. The van der Waals surface area contributed by atoms with E-state index in [1.807, 2.05) is 121 Å². The van der Waals surface area contributed by atoms with Crippen LogP contribution in [0.5, 0.6) is 0 Å². The highest BCUT2D eigenvalue weighted by molar-refractivity contribution is 6.17. The Balaban J connectivity index is 1.23. The molecule has 56 heavy (non-hydrogen) atoms. The monoisotopic (exact) mass is 719 g/mol. The molecule has 0 amide bonds. The van der Waals surface area contributed by atoms with Crippen molar-refractivity contribution in [3.8, 4) is 55.9 Å². The van der Waals surface area contributed by atoms with Crippen molar-refractivity contribution < 1.29 is 9.60 Å². The van der Waals surface area contributed by atoms with E-state index in [1.54, 1.807) is 4.57 Å². The Morgan fingerprint density at radius 1 is 0.339 bits per heavy atom. The molecule has 0 aliphatic rings. The van der Waals surface area contributed by atoms with Crippen LogP contribution >= 0.6 is 0 Å². The maximum atomic E-state index is 9.98. The van der Waals surface area contributed by atoms with Crippen molar-refractivity contribution >= 4 is 43.6 Å². The first-order chi connectivity index (χ1) is 30.7. The summed E-state index contributed by atoms with van der Waals surface area (Å²) in [5.41, 5.74) is 10.6. The van der Waals surface area contributed by atoms with Crippen molar-refractivity contribution in [3.05, 3.63) is 218 Å². The minimum atomic E-state index is -0.425. The van der Waals surface area contributed by atoms with E-state index in [-0.39, 0.29) is 57.6 Å². The lowest BCUT2D eigenvalue weighted by atomic mass is 9.97. The van der Waals surface area contributed by atoms with Gasteiger partial charge in [-0.2, -0.15) is 0 Å². The molecule has 2 nitrogen and oxygen atoms in total. The fraction of sp³-hybridized carbons (Fsp3) is 0. The van der Waals surface area contributed by atoms with Crippen molar-refractivity contribution in [1.82, 2.24) is 9.13 Å². The van der Waals surface area contributed by atoms with Gasteiger partial charge in [0.25, 0.3) is 0 Å². The number of hydrogen-bond acceptors (Lipinski definition) is 0. The maximum absolute atomic E-state index is 9.98. The van der Waals surface area contributed by atoms with Gasteiger partial charge in [0.2, 0.25) is 0 Å². The van der Waals surface area contributed by atoms with E-state index >= 15 is 0 Å². The molecule has 0 spiro atoms. The van der Waals surface area contributed by atoms with Gasteiger partial charge in [-0.15, -0.1) is 0 Å². The van der Waals surface area contributed by atoms with Crippen LogP contribution in [0.2, 0.25) is 0 Å². The second kappa shape index (κ2) is 13.2. The van der Waals surface area contributed by atoms with Gasteiger partial charge >= 0.3 is 0 Å². The molecular formula is C54H36N2. The third-order valence-electron chi connectivity index (χ3n) is 10.8. The number of rotatable bonds is 6. The van der Waals surface area contributed by atoms with E-state index < -0.39 is 12.1 Å². The summed E-state index contributed by atoms with van der Waals surface area (Å²) in [4.78, 5) is 0. The molecule has 0 atom stereocenters. The molecule has 0 fully saturated rings. The van der Waals surface area contributed by atoms with E-state index in [1.165, 1.54) is 0 Å². The van der Waals surface area contributed by atoms with Crippen molar-refractivity contribution in [2.75, 3.05) is 0 Å².